The van der Waals surface area contributed by atoms with E-state index in [1.54, 1.807) is 13.2 Å². The molecule has 2 saturated heterocycles. The Morgan fingerprint density at radius 1 is 1.17 bits per heavy atom. The number of rotatable bonds is 7. The summed E-state index contributed by atoms with van der Waals surface area (Å²) in [7, 11) is 1.62. The smallest absolute Gasteiger partial charge is 0.255 e. The molecule has 0 spiro atoms. The second kappa shape index (κ2) is 9.81. The lowest BCUT2D eigenvalue weighted by atomic mass is 10.0. The minimum Gasteiger partial charge on any atom is -0.497 e. The molecule has 1 atom stereocenters. The fourth-order valence-electron chi connectivity index (χ4n) is 4.80. The molecule has 1 aliphatic carbocycles. The van der Waals surface area contributed by atoms with E-state index in [1.807, 2.05) is 12.1 Å². The van der Waals surface area contributed by atoms with E-state index in [-0.39, 0.29) is 12.0 Å². The van der Waals surface area contributed by atoms with Gasteiger partial charge in [0, 0.05) is 38.2 Å². The highest BCUT2D eigenvalue weighted by Crippen LogP contribution is 2.30. The van der Waals surface area contributed by atoms with Crippen LogP contribution in [-0.4, -0.2) is 62.9 Å². The highest BCUT2D eigenvalue weighted by molar-refractivity contribution is 5.97. The van der Waals surface area contributed by atoms with Crippen molar-refractivity contribution in [2.75, 3.05) is 40.0 Å². The summed E-state index contributed by atoms with van der Waals surface area (Å²) >= 11 is 0. The largest absolute Gasteiger partial charge is 0.497 e. The van der Waals surface area contributed by atoms with Crippen molar-refractivity contribution >= 4 is 5.91 Å². The number of ether oxygens (including phenoxy) is 3. The van der Waals surface area contributed by atoms with Crippen molar-refractivity contribution in [2.45, 2.75) is 57.1 Å². The van der Waals surface area contributed by atoms with Gasteiger partial charge < -0.3 is 24.4 Å². The third-order valence-electron chi connectivity index (χ3n) is 6.62. The molecule has 6 heteroatoms. The highest BCUT2D eigenvalue weighted by Gasteiger charge is 2.28. The summed E-state index contributed by atoms with van der Waals surface area (Å²) in [5, 5.41) is 3.05. The van der Waals surface area contributed by atoms with Crippen LogP contribution in [-0.2, 0) is 4.74 Å². The molecule has 6 nitrogen and oxygen atoms in total. The summed E-state index contributed by atoms with van der Waals surface area (Å²) in [6.07, 6.45) is 8.64. The molecule has 3 aliphatic rings. The SMILES string of the molecule is COc1ccc(OC2CCN(C3CCCC3)CC2)c(C(=O)NCC2CCOC2)c1. The third-order valence-corrected chi connectivity index (χ3v) is 6.62. The Balaban J connectivity index is 1.36. The maximum absolute atomic E-state index is 12.9. The van der Waals surface area contributed by atoms with Gasteiger partial charge in [0.25, 0.3) is 5.91 Å². The summed E-state index contributed by atoms with van der Waals surface area (Å²) in [5.74, 6) is 1.62. The zero-order chi connectivity index (χ0) is 20.1. The van der Waals surface area contributed by atoms with Gasteiger partial charge in [-0.1, -0.05) is 12.8 Å². The Hall–Kier alpha value is -1.79. The lowest BCUT2D eigenvalue weighted by Crippen LogP contribution is -2.43. The van der Waals surface area contributed by atoms with Crippen LogP contribution in [0.1, 0.15) is 55.3 Å². The van der Waals surface area contributed by atoms with Gasteiger partial charge in [0.2, 0.25) is 0 Å². The van der Waals surface area contributed by atoms with E-state index in [9.17, 15) is 4.79 Å². The molecule has 1 aromatic carbocycles. The van der Waals surface area contributed by atoms with Gasteiger partial charge in [0.15, 0.2) is 0 Å². The molecule has 0 radical (unpaired) electrons. The average Bonchev–Trinajstić information content (AvgIpc) is 3.47. The molecule has 0 aromatic heterocycles. The summed E-state index contributed by atoms with van der Waals surface area (Å²) in [6.45, 7) is 4.33. The fourth-order valence-corrected chi connectivity index (χ4v) is 4.80. The Morgan fingerprint density at radius 2 is 1.97 bits per heavy atom. The molecule has 1 amide bonds. The van der Waals surface area contributed by atoms with Crippen molar-refractivity contribution in [3.05, 3.63) is 23.8 Å². The molecule has 1 unspecified atom stereocenters. The standard InChI is InChI=1S/C23H34N2O4/c1-27-20-6-7-22(21(14-20)23(26)24-15-17-10-13-28-16-17)29-19-8-11-25(12-9-19)18-4-2-3-5-18/h6-7,14,17-19H,2-5,8-13,15-16H2,1H3,(H,24,26). The summed E-state index contributed by atoms with van der Waals surface area (Å²) in [4.78, 5) is 15.5. The normalized spacial score (nSPS) is 24.0. The van der Waals surface area contributed by atoms with Crippen LogP contribution < -0.4 is 14.8 Å². The number of benzene rings is 1. The number of piperidine rings is 1. The first-order valence-electron chi connectivity index (χ1n) is 11.2. The zero-order valence-corrected chi connectivity index (χ0v) is 17.5. The molecular formula is C23H34N2O4. The van der Waals surface area contributed by atoms with E-state index >= 15 is 0 Å². The van der Waals surface area contributed by atoms with Gasteiger partial charge in [-0.3, -0.25) is 4.79 Å². The second-order valence-corrected chi connectivity index (χ2v) is 8.59. The summed E-state index contributed by atoms with van der Waals surface area (Å²) in [5.41, 5.74) is 0.557. The summed E-state index contributed by atoms with van der Waals surface area (Å²) in [6, 6.07) is 6.29. The molecule has 1 saturated carbocycles. The van der Waals surface area contributed by atoms with E-state index in [1.165, 1.54) is 25.7 Å². The van der Waals surface area contributed by atoms with E-state index < -0.39 is 0 Å². The van der Waals surface area contributed by atoms with Crippen LogP contribution >= 0.6 is 0 Å². The fraction of sp³-hybridized carbons (Fsp3) is 0.696. The predicted octanol–water partition coefficient (Wildman–Crippen LogP) is 3.25. The van der Waals surface area contributed by atoms with Crippen molar-refractivity contribution in [1.82, 2.24) is 10.2 Å². The first-order valence-corrected chi connectivity index (χ1v) is 11.2. The van der Waals surface area contributed by atoms with Crippen molar-refractivity contribution in [3.63, 3.8) is 0 Å². The van der Waals surface area contributed by atoms with Gasteiger partial charge in [-0.15, -0.1) is 0 Å². The molecule has 0 bridgehead atoms. The van der Waals surface area contributed by atoms with Crippen molar-refractivity contribution < 1.29 is 19.0 Å². The number of carbonyl (C=O) groups excluding carboxylic acids is 1. The van der Waals surface area contributed by atoms with E-state index in [4.69, 9.17) is 14.2 Å². The monoisotopic (exact) mass is 402 g/mol. The van der Waals surface area contributed by atoms with E-state index in [2.05, 4.69) is 10.2 Å². The van der Waals surface area contributed by atoms with Crippen molar-refractivity contribution in [2.24, 2.45) is 5.92 Å². The first kappa shape index (κ1) is 20.5. The Labute approximate surface area is 173 Å². The molecule has 1 N–H and O–H groups in total. The Bertz CT molecular complexity index is 675. The quantitative estimate of drug-likeness (QED) is 0.759. The zero-order valence-electron chi connectivity index (χ0n) is 17.5. The van der Waals surface area contributed by atoms with Gasteiger partial charge in [-0.2, -0.15) is 0 Å². The van der Waals surface area contributed by atoms with Crippen LogP contribution in [0, 0.1) is 5.92 Å². The predicted molar refractivity (Wildman–Crippen MR) is 112 cm³/mol. The van der Waals surface area contributed by atoms with Crippen LogP contribution in [0.5, 0.6) is 11.5 Å². The Kier molecular flexibility index (Phi) is 6.93. The maximum atomic E-state index is 12.9. The number of hydrogen-bond donors (Lipinski definition) is 1. The van der Waals surface area contributed by atoms with Gasteiger partial charge in [0.05, 0.1) is 19.3 Å². The first-order chi connectivity index (χ1) is 14.2. The average molecular weight is 403 g/mol. The molecule has 160 valence electrons. The van der Waals surface area contributed by atoms with Gasteiger partial charge in [0.1, 0.15) is 17.6 Å². The molecule has 2 aliphatic heterocycles. The number of likely N-dealkylation sites (tertiary alicyclic amines) is 1. The Morgan fingerprint density at radius 3 is 2.66 bits per heavy atom. The summed E-state index contributed by atoms with van der Waals surface area (Å²) < 4.78 is 17.1. The van der Waals surface area contributed by atoms with Gasteiger partial charge in [-0.25, -0.2) is 0 Å². The number of nitrogens with zero attached hydrogens (tertiary/aromatic N) is 1. The van der Waals surface area contributed by atoms with Crippen LogP contribution in [0.4, 0.5) is 0 Å². The van der Waals surface area contributed by atoms with Crippen LogP contribution in [0.25, 0.3) is 0 Å². The topological polar surface area (TPSA) is 60.0 Å². The number of methoxy groups -OCH3 is 1. The van der Waals surface area contributed by atoms with Crippen molar-refractivity contribution in [3.8, 4) is 11.5 Å². The molecule has 4 rings (SSSR count). The highest BCUT2D eigenvalue weighted by atomic mass is 16.5. The second-order valence-electron chi connectivity index (χ2n) is 8.59. The lowest BCUT2D eigenvalue weighted by molar-refractivity contribution is 0.0749. The van der Waals surface area contributed by atoms with E-state index in [0.717, 1.165) is 51.6 Å². The van der Waals surface area contributed by atoms with Crippen LogP contribution in [0.15, 0.2) is 18.2 Å². The van der Waals surface area contributed by atoms with Gasteiger partial charge in [-0.05, 0) is 50.3 Å². The minimum atomic E-state index is -0.103. The molecule has 2 heterocycles. The van der Waals surface area contributed by atoms with E-state index in [0.29, 0.717) is 29.5 Å². The van der Waals surface area contributed by atoms with Gasteiger partial charge >= 0.3 is 0 Å². The molecule has 29 heavy (non-hydrogen) atoms. The lowest BCUT2D eigenvalue weighted by Gasteiger charge is -2.36. The minimum absolute atomic E-state index is 0.103. The number of carbonyl (C=O) groups is 1. The third kappa shape index (κ3) is 5.23. The molecular weight excluding hydrogens is 368 g/mol. The van der Waals surface area contributed by atoms with Crippen molar-refractivity contribution in [1.29, 1.82) is 0 Å². The molecule has 3 fully saturated rings. The number of amides is 1. The maximum Gasteiger partial charge on any atom is 0.255 e. The number of nitrogens with one attached hydrogen (secondary N) is 1. The van der Waals surface area contributed by atoms with Crippen LogP contribution in [0.2, 0.25) is 0 Å². The number of hydrogen-bond acceptors (Lipinski definition) is 5. The van der Waals surface area contributed by atoms with Crippen LogP contribution in [0.3, 0.4) is 0 Å². The molecule has 1 aromatic rings.